The maximum atomic E-state index is 12.0. The van der Waals surface area contributed by atoms with E-state index >= 15 is 0 Å². The number of nitrogens with one attached hydrogen (secondary N) is 1. The van der Waals surface area contributed by atoms with E-state index in [2.05, 4.69) is 10.4 Å². The molecule has 3 N–H and O–H groups in total. The summed E-state index contributed by atoms with van der Waals surface area (Å²) in [6, 6.07) is 11.1. The van der Waals surface area contributed by atoms with Crippen molar-refractivity contribution < 1.29 is 4.79 Å². The lowest BCUT2D eigenvalue weighted by molar-refractivity contribution is -0.123. The van der Waals surface area contributed by atoms with Crippen molar-refractivity contribution in [2.45, 2.75) is 32.0 Å². The van der Waals surface area contributed by atoms with Gasteiger partial charge in [-0.15, -0.1) is 0 Å². The highest BCUT2D eigenvalue weighted by Gasteiger charge is 2.16. The van der Waals surface area contributed by atoms with Crippen molar-refractivity contribution in [3.05, 3.63) is 54.4 Å². The summed E-state index contributed by atoms with van der Waals surface area (Å²) in [5, 5.41) is 7.02. The van der Waals surface area contributed by atoms with Gasteiger partial charge in [-0.25, -0.2) is 0 Å². The summed E-state index contributed by atoms with van der Waals surface area (Å²) >= 11 is 0. The lowest BCUT2D eigenvalue weighted by Crippen LogP contribution is -2.46. The largest absolute Gasteiger partial charge is 0.350 e. The molecule has 106 valence electrons. The molecule has 0 aliphatic rings. The van der Waals surface area contributed by atoms with Crippen molar-refractivity contribution in [1.82, 2.24) is 15.1 Å². The number of hydrogen-bond acceptors (Lipinski definition) is 3. The van der Waals surface area contributed by atoms with Crippen LogP contribution in [0.1, 0.15) is 12.5 Å². The van der Waals surface area contributed by atoms with E-state index in [9.17, 15) is 4.79 Å². The van der Waals surface area contributed by atoms with Gasteiger partial charge in [-0.3, -0.25) is 9.48 Å². The van der Waals surface area contributed by atoms with E-state index in [1.165, 1.54) is 0 Å². The van der Waals surface area contributed by atoms with Gasteiger partial charge in [0.25, 0.3) is 0 Å². The van der Waals surface area contributed by atoms with Crippen molar-refractivity contribution in [2.75, 3.05) is 0 Å². The fraction of sp³-hybridized carbons (Fsp3) is 0.333. The number of nitrogens with zero attached hydrogens (tertiary/aromatic N) is 2. The molecule has 0 aliphatic heterocycles. The summed E-state index contributed by atoms with van der Waals surface area (Å²) in [6.45, 7) is 2.58. The molecule has 0 saturated carbocycles. The lowest BCUT2D eigenvalue weighted by atomic mass is 10.1. The Labute approximate surface area is 118 Å². The predicted octanol–water partition coefficient (Wildman–Crippen LogP) is 0.958. The van der Waals surface area contributed by atoms with Crippen molar-refractivity contribution >= 4 is 5.91 Å². The van der Waals surface area contributed by atoms with Crippen LogP contribution in [0.5, 0.6) is 0 Å². The predicted molar refractivity (Wildman–Crippen MR) is 78.0 cm³/mol. The number of amides is 1. The Morgan fingerprint density at radius 2 is 2.10 bits per heavy atom. The van der Waals surface area contributed by atoms with Crippen LogP contribution in [0.4, 0.5) is 0 Å². The number of carbonyl (C=O) groups excluding carboxylic acids is 1. The van der Waals surface area contributed by atoms with E-state index in [-0.39, 0.29) is 11.9 Å². The molecule has 1 unspecified atom stereocenters. The maximum absolute atomic E-state index is 12.0. The van der Waals surface area contributed by atoms with E-state index in [4.69, 9.17) is 5.73 Å². The average molecular weight is 272 g/mol. The molecule has 0 spiro atoms. The number of carbonyl (C=O) groups is 1. The van der Waals surface area contributed by atoms with Gasteiger partial charge in [0, 0.05) is 18.4 Å². The molecule has 0 radical (unpaired) electrons. The van der Waals surface area contributed by atoms with E-state index in [0.717, 1.165) is 5.56 Å². The highest BCUT2D eigenvalue weighted by Crippen LogP contribution is 2.02. The van der Waals surface area contributed by atoms with Crippen LogP contribution >= 0.6 is 0 Å². The zero-order chi connectivity index (χ0) is 14.4. The van der Waals surface area contributed by atoms with Crippen LogP contribution in [-0.4, -0.2) is 27.8 Å². The maximum Gasteiger partial charge on any atom is 0.237 e. The van der Waals surface area contributed by atoms with Gasteiger partial charge in [0.15, 0.2) is 0 Å². The van der Waals surface area contributed by atoms with Crippen molar-refractivity contribution in [3.8, 4) is 0 Å². The molecule has 5 nitrogen and oxygen atoms in total. The standard InChI is InChI=1S/C15H20N4O/c1-12(11-19-9-5-8-17-19)18-15(20)14(16)10-13-6-3-2-4-7-13/h2-9,12,14H,10-11,16H2,1H3,(H,18,20)/t12?,14-/m0/s1. The normalized spacial score (nSPS) is 13.7. The van der Waals surface area contributed by atoms with Gasteiger partial charge in [-0.2, -0.15) is 5.10 Å². The minimum Gasteiger partial charge on any atom is -0.350 e. The van der Waals surface area contributed by atoms with Crippen LogP contribution in [0.3, 0.4) is 0 Å². The first kappa shape index (κ1) is 14.3. The SMILES string of the molecule is CC(Cn1cccn1)NC(=O)[C@@H](N)Cc1ccccc1. The number of hydrogen-bond donors (Lipinski definition) is 2. The van der Waals surface area contributed by atoms with Crippen LogP contribution in [0.2, 0.25) is 0 Å². The second kappa shape index (κ2) is 6.86. The fourth-order valence-corrected chi connectivity index (χ4v) is 2.05. The molecule has 1 heterocycles. The van der Waals surface area contributed by atoms with Crippen molar-refractivity contribution in [1.29, 1.82) is 0 Å². The number of nitrogens with two attached hydrogens (primary N) is 1. The summed E-state index contributed by atoms with van der Waals surface area (Å²) in [5.74, 6) is -0.131. The molecule has 1 aromatic heterocycles. The molecule has 1 amide bonds. The summed E-state index contributed by atoms with van der Waals surface area (Å²) in [4.78, 5) is 12.0. The Morgan fingerprint density at radius 1 is 1.35 bits per heavy atom. The fourth-order valence-electron chi connectivity index (χ4n) is 2.05. The summed E-state index contributed by atoms with van der Waals surface area (Å²) in [6.07, 6.45) is 4.13. The smallest absolute Gasteiger partial charge is 0.237 e. The molecule has 1 aromatic carbocycles. The molecule has 5 heteroatoms. The molecule has 20 heavy (non-hydrogen) atoms. The highest BCUT2D eigenvalue weighted by molar-refractivity contribution is 5.82. The van der Waals surface area contributed by atoms with E-state index in [1.807, 2.05) is 49.5 Å². The average Bonchev–Trinajstić information content (AvgIpc) is 2.92. The van der Waals surface area contributed by atoms with Crippen LogP contribution in [-0.2, 0) is 17.8 Å². The molecule has 0 fully saturated rings. The van der Waals surface area contributed by atoms with E-state index in [1.54, 1.807) is 10.9 Å². The van der Waals surface area contributed by atoms with Crippen LogP contribution in [0.25, 0.3) is 0 Å². The van der Waals surface area contributed by atoms with Gasteiger partial charge in [0.2, 0.25) is 5.91 Å². The molecule has 2 rings (SSSR count). The van der Waals surface area contributed by atoms with Crippen molar-refractivity contribution in [2.24, 2.45) is 5.73 Å². The Hall–Kier alpha value is -2.14. The third-order valence-corrected chi connectivity index (χ3v) is 3.04. The van der Waals surface area contributed by atoms with Crippen molar-refractivity contribution in [3.63, 3.8) is 0 Å². The van der Waals surface area contributed by atoms with Crippen LogP contribution in [0, 0.1) is 0 Å². The van der Waals surface area contributed by atoms with Gasteiger partial charge in [-0.1, -0.05) is 30.3 Å². The Kier molecular flexibility index (Phi) is 4.90. The number of benzene rings is 1. The third kappa shape index (κ3) is 4.20. The molecule has 2 aromatic rings. The lowest BCUT2D eigenvalue weighted by Gasteiger charge is -2.17. The summed E-state index contributed by atoms with van der Waals surface area (Å²) < 4.78 is 1.79. The summed E-state index contributed by atoms with van der Waals surface area (Å²) in [5.41, 5.74) is 7.00. The van der Waals surface area contributed by atoms with E-state index < -0.39 is 6.04 Å². The topological polar surface area (TPSA) is 72.9 Å². The second-order valence-electron chi connectivity index (χ2n) is 4.93. The Bertz CT molecular complexity index is 524. The monoisotopic (exact) mass is 272 g/mol. The minimum atomic E-state index is -0.530. The van der Waals surface area contributed by atoms with Gasteiger partial charge in [-0.05, 0) is 25.0 Å². The van der Waals surface area contributed by atoms with Gasteiger partial charge in [0.1, 0.15) is 0 Å². The van der Waals surface area contributed by atoms with Gasteiger partial charge >= 0.3 is 0 Å². The number of rotatable bonds is 6. The highest BCUT2D eigenvalue weighted by atomic mass is 16.2. The Balaban J connectivity index is 1.81. The number of aromatic nitrogens is 2. The first-order chi connectivity index (χ1) is 9.65. The quantitative estimate of drug-likeness (QED) is 0.822. The molecule has 0 bridgehead atoms. The zero-order valence-electron chi connectivity index (χ0n) is 11.6. The molecule has 0 aliphatic carbocycles. The zero-order valence-corrected chi connectivity index (χ0v) is 11.6. The minimum absolute atomic E-state index is 0.00998. The van der Waals surface area contributed by atoms with Crippen LogP contribution in [0.15, 0.2) is 48.8 Å². The first-order valence-electron chi connectivity index (χ1n) is 6.72. The Morgan fingerprint density at radius 3 is 2.75 bits per heavy atom. The van der Waals surface area contributed by atoms with E-state index in [0.29, 0.717) is 13.0 Å². The molecular weight excluding hydrogens is 252 g/mol. The third-order valence-electron chi connectivity index (χ3n) is 3.04. The van der Waals surface area contributed by atoms with Crippen LogP contribution < -0.4 is 11.1 Å². The van der Waals surface area contributed by atoms with Gasteiger partial charge < -0.3 is 11.1 Å². The van der Waals surface area contributed by atoms with Gasteiger partial charge in [0.05, 0.1) is 12.6 Å². The second-order valence-corrected chi connectivity index (χ2v) is 4.93. The molecule has 2 atom stereocenters. The first-order valence-corrected chi connectivity index (χ1v) is 6.72. The molecule has 0 saturated heterocycles. The summed E-state index contributed by atoms with van der Waals surface area (Å²) in [7, 11) is 0. The molecular formula is C15H20N4O.